The number of esters is 4. The molecule has 0 saturated carbocycles. The van der Waals surface area contributed by atoms with Gasteiger partial charge in [-0.05, 0) is 32.1 Å². The van der Waals surface area contributed by atoms with E-state index in [9.17, 15) is 38.7 Å². The number of carbonyl (C=O) groups excluding carboxylic acids is 6. The molecule has 0 radical (unpaired) electrons. The molecule has 1 atom stereocenters. The van der Waals surface area contributed by atoms with E-state index < -0.39 is 67.9 Å². The number of carboxylic acids is 1. The summed E-state index contributed by atoms with van der Waals surface area (Å²) in [6, 6.07) is -1.31. The summed E-state index contributed by atoms with van der Waals surface area (Å²) in [5.74, 6) is -4.74. The molecule has 18 heteroatoms. The molecule has 0 aliphatic rings. The normalized spacial score (nSPS) is 10.9. The van der Waals surface area contributed by atoms with E-state index in [2.05, 4.69) is 29.6 Å². The van der Waals surface area contributed by atoms with Gasteiger partial charge in [0.1, 0.15) is 19.3 Å². The van der Waals surface area contributed by atoms with Gasteiger partial charge in [0.25, 0.3) is 0 Å². The summed E-state index contributed by atoms with van der Waals surface area (Å²) in [6.07, 6.45) is -0.402. The van der Waals surface area contributed by atoms with Crippen LogP contribution in [0, 0.1) is 0 Å². The Hall–Kier alpha value is -4.19. The molecule has 0 aromatic heterocycles. The maximum absolute atomic E-state index is 11.8. The highest BCUT2D eigenvalue weighted by Gasteiger charge is 2.21. The average molecular weight is 611 g/mol. The van der Waals surface area contributed by atoms with E-state index >= 15 is 0 Å². The van der Waals surface area contributed by atoms with Crippen LogP contribution in [0.15, 0.2) is 0 Å². The van der Waals surface area contributed by atoms with Crippen LogP contribution in [-0.4, -0.2) is 127 Å². The number of unbranched alkanes of at least 4 members (excludes halogenated alkanes) is 2. The van der Waals surface area contributed by atoms with Crippen molar-refractivity contribution in [2.75, 3.05) is 73.6 Å². The van der Waals surface area contributed by atoms with E-state index in [1.54, 1.807) is 0 Å². The highest BCUT2D eigenvalue weighted by Crippen LogP contribution is 2.02. The Balaban J connectivity index is 3.94. The largest absolute Gasteiger partial charge is 0.480 e. The predicted molar refractivity (Wildman–Crippen MR) is 136 cm³/mol. The molecule has 2 amide bonds. The van der Waals surface area contributed by atoms with Crippen molar-refractivity contribution in [1.29, 1.82) is 0 Å². The van der Waals surface area contributed by atoms with Crippen molar-refractivity contribution >= 4 is 42.0 Å². The van der Waals surface area contributed by atoms with Crippen molar-refractivity contribution in [3.05, 3.63) is 0 Å². The molecule has 0 spiro atoms. The topological polar surface area (TPSA) is 238 Å². The van der Waals surface area contributed by atoms with Crippen molar-refractivity contribution < 1.29 is 76.6 Å². The van der Waals surface area contributed by atoms with E-state index in [-0.39, 0.29) is 46.0 Å². The average Bonchev–Trinajstić information content (AvgIpc) is 2.95. The van der Waals surface area contributed by atoms with Gasteiger partial charge in [-0.2, -0.15) is 0 Å². The van der Waals surface area contributed by atoms with Gasteiger partial charge in [-0.3, -0.25) is 0 Å². The van der Waals surface area contributed by atoms with E-state index in [1.807, 2.05) is 0 Å². The van der Waals surface area contributed by atoms with Crippen LogP contribution in [0.25, 0.3) is 0 Å². The summed E-state index contributed by atoms with van der Waals surface area (Å²) in [5.41, 5.74) is 0. The highest BCUT2D eigenvalue weighted by atomic mass is 16.6. The summed E-state index contributed by atoms with van der Waals surface area (Å²) in [7, 11) is 2.76. The van der Waals surface area contributed by atoms with Crippen molar-refractivity contribution in [2.45, 2.75) is 38.1 Å². The Morgan fingerprint density at radius 2 is 1.12 bits per heavy atom. The van der Waals surface area contributed by atoms with Crippen LogP contribution in [-0.2, 0) is 61.9 Å². The Labute approximate surface area is 241 Å². The number of amides is 2. The molecule has 1 unspecified atom stereocenters. The van der Waals surface area contributed by atoms with Crippen LogP contribution < -0.4 is 10.6 Å². The number of hydrogen-bond donors (Lipinski definition) is 3. The molecule has 18 nitrogen and oxygen atoms in total. The van der Waals surface area contributed by atoms with E-state index in [1.165, 1.54) is 14.2 Å². The summed E-state index contributed by atoms with van der Waals surface area (Å²) >= 11 is 0. The lowest BCUT2D eigenvalue weighted by molar-refractivity contribution is -0.161. The molecule has 0 rings (SSSR count). The van der Waals surface area contributed by atoms with Crippen LogP contribution >= 0.6 is 0 Å². The van der Waals surface area contributed by atoms with Gasteiger partial charge in [-0.25, -0.2) is 33.6 Å². The van der Waals surface area contributed by atoms with Gasteiger partial charge < -0.3 is 53.6 Å². The number of aliphatic carboxylic acids is 1. The van der Waals surface area contributed by atoms with Crippen LogP contribution in [0.4, 0.5) is 9.59 Å². The summed E-state index contributed by atoms with van der Waals surface area (Å²) in [4.78, 5) is 80.3. The summed E-state index contributed by atoms with van der Waals surface area (Å²) in [6.45, 7) is -1.96. The van der Waals surface area contributed by atoms with E-state index in [0.717, 1.165) is 0 Å². The predicted octanol–water partition coefficient (Wildman–Crippen LogP) is -0.692. The molecule has 0 fully saturated rings. The second kappa shape index (κ2) is 24.6. The molecule has 240 valence electrons. The first-order chi connectivity index (χ1) is 20.1. The van der Waals surface area contributed by atoms with Gasteiger partial charge in [0.2, 0.25) is 0 Å². The molecule has 0 aliphatic carbocycles. The quantitative estimate of drug-likeness (QED) is 0.0737. The second-order valence-corrected chi connectivity index (χ2v) is 8.06. The summed E-state index contributed by atoms with van der Waals surface area (Å²) < 4.78 is 37.5. The summed E-state index contributed by atoms with van der Waals surface area (Å²) in [5, 5.41) is 13.8. The third kappa shape index (κ3) is 22.6. The van der Waals surface area contributed by atoms with E-state index in [4.69, 9.17) is 18.9 Å². The number of alkyl carbamates (subject to hydrolysis) is 2. The Bertz CT molecular complexity index is 865. The van der Waals surface area contributed by atoms with Crippen molar-refractivity contribution in [3.63, 3.8) is 0 Å². The fourth-order valence-corrected chi connectivity index (χ4v) is 2.64. The molecule has 0 aromatic rings. The molecule has 0 aromatic carbocycles. The van der Waals surface area contributed by atoms with Gasteiger partial charge in [-0.15, -0.1) is 0 Å². The Morgan fingerprint density at radius 3 is 1.67 bits per heavy atom. The van der Waals surface area contributed by atoms with Crippen molar-refractivity contribution in [1.82, 2.24) is 10.6 Å². The van der Waals surface area contributed by atoms with Crippen molar-refractivity contribution in [3.8, 4) is 0 Å². The molecule has 0 bridgehead atoms. The first-order valence-corrected chi connectivity index (χ1v) is 12.8. The monoisotopic (exact) mass is 610 g/mol. The number of methoxy groups -OCH3 is 2. The molecular formula is C24H38N2O16. The number of carboxylic acid groups (broad SMARTS) is 1. The number of ether oxygens (including phenoxy) is 8. The van der Waals surface area contributed by atoms with Gasteiger partial charge in [0.15, 0.2) is 19.8 Å². The van der Waals surface area contributed by atoms with Crippen LogP contribution in [0.3, 0.4) is 0 Å². The molecule has 3 N–H and O–H groups in total. The van der Waals surface area contributed by atoms with Gasteiger partial charge in [0, 0.05) is 20.8 Å². The fourth-order valence-electron chi connectivity index (χ4n) is 2.64. The third-order valence-corrected chi connectivity index (χ3v) is 4.65. The SMILES string of the molecule is COCCOC(=O)NCCCCC(NC(=O)OCC(=O)OCC(=O)OCCCCOC(=O)COC(=O)COC)C(=O)O. The zero-order chi connectivity index (χ0) is 31.6. The fraction of sp³-hybridized carbons (Fsp3) is 0.708. The number of carbonyl (C=O) groups is 7. The molecule has 42 heavy (non-hydrogen) atoms. The lowest BCUT2D eigenvalue weighted by Gasteiger charge is -2.14. The van der Waals surface area contributed by atoms with Crippen LogP contribution in [0.5, 0.6) is 0 Å². The zero-order valence-electron chi connectivity index (χ0n) is 23.5. The molecule has 0 aliphatic heterocycles. The number of rotatable bonds is 23. The van der Waals surface area contributed by atoms with Gasteiger partial charge in [-0.1, -0.05) is 0 Å². The maximum Gasteiger partial charge on any atom is 0.408 e. The lowest BCUT2D eigenvalue weighted by atomic mass is 10.1. The highest BCUT2D eigenvalue weighted by molar-refractivity contribution is 5.82. The van der Waals surface area contributed by atoms with Crippen molar-refractivity contribution in [2.24, 2.45) is 0 Å². The third-order valence-electron chi connectivity index (χ3n) is 4.65. The lowest BCUT2D eigenvalue weighted by Crippen LogP contribution is -2.41. The Morgan fingerprint density at radius 1 is 0.571 bits per heavy atom. The van der Waals surface area contributed by atoms with Crippen LogP contribution in [0.1, 0.15) is 32.1 Å². The Kier molecular flexibility index (Phi) is 22.1. The zero-order valence-corrected chi connectivity index (χ0v) is 23.5. The first kappa shape index (κ1) is 37.8. The molecule has 0 saturated heterocycles. The minimum absolute atomic E-state index is 0.00131. The molecular weight excluding hydrogens is 572 g/mol. The second-order valence-electron chi connectivity index (χ2n) is 8.06. The standard InChI is InChI=1S/C24H38N2O16/c1-35-11-12-39-23(33)25-8-4-3-7-17(22(31)32)26-24(34)42-16-21(30)41-15-20(29)38-10-6-5-9-37-19(28)14-40-18(27)13-36-2/h17H,3-16H2,1-2H3,(H,25,33)(H,26,34)(H,31,32). The van der Waals surface area contributed by atoms with Crippen LogP contribution in [0.2, 0.25) is 0 Å². The smallest absolute Gasteiger partial charge is 0.408 e. The van der Waals surface area contributed by atoms with E-state index in [0.29, 0.717) is 25.7 Å². The minimum atomic E-state index is -1.33. The first-order valence-electron chi connectivity index (χ1n) is 12.8. The number of nitrogens with one attached hydrogen (secondary N) is 2. The minimum Gasteiger partial charge on any atom is -0.480 e. The number of hydrogen-bond acceptors (Lipinski definition) is 15. The maximum atomic E-state index is 11.8. The van der Waals surface area contributed by atoms with Gasteiger partial charge in [0.05, 0.1) is 19.8 Å². The molecule has 0 heterocycles. The van der Waals surface area contributed by atoms with Gasteiger partial charge >= 0.3 is 42.0 Å².